The van der Waals surface area contributed by atoms with Crippen molar-refractivity contribution in [3.8, 4) is 5.75 Å². The van der Waals surface area contributed by atoms with Crippen molar-refractivity contribution < 1.29 is 15.0 Å². The van der Waals surface area contributed by atoms with Gasteiger partial charge in [0.2, 0.25) is 0 Å². The third kappa shape index (κ3) is 4.19. The van der Waals surface area contributed by atoms with Crippen LogP contribution in [0.4, 0.5) is 11.4 Å². The average molecular weight is 325 g/mol. The number of hydrogen-bond donors (Lipinski definition) is 3. The number of azo groups is 1. The van der Waals surface area contributed by atoms with Crippen LogP contribution < -0.4 is 5.32 Å². The third-order valence-electron chi connectivity index (χ3n) is 3.27. The Morgan fingerprint density at radius 2 is 1.79 bits per heavy atom. The summed E-state index contributed by atoms with van der Waals surface area (Å²) in [7, 11) is 0. The van der Waals surface area contributed by atoms with Crippen LogP contribution in [0.3, 0.4) is 0 Å². The molecule has 0 fully saturated rings. The van der Waals surface area contributed by atoms with Crippen molar-refractivity contribution in [1.82, 2.24) is 0 Å². The number of aryl methyl sites for hydroxylation is 2. The van der Waals surface area contributed by atoms with Crippen LogP contribution in [0.15, 0.2) is 64.1 Å². The number of hydrogen-bond acceptors (Lipinski definition) is 5. The first-order chi connectivity index (χ1) is 11.4. The topological polar surface area (TPSA) is 94.3 Å². The molecule has 0 unspecified atom stereocenters. The lowest BCUT2D eigenvalue weighted by Crippen LogP contribution is -2.14. The van der Waals surface area contributed by atoms with E-state index in [9.17, 15) is 15.0 Å². The van der Waals surface area contributed by atoms with Crippen LogP contribution >= 0.6 is 0 Å². The molecule has 2 rings (SSSR count). The maximum absolute atomic E-state index is 12.2. The number of amides is 1. The Labute approximate surface area is 140 Å². The minimum Gasteiger partial charge on any atom is -0.510 e. The van der Waals surface area contributed by atoms with Gasteiger partial charge >= 0.3 is 0 Å². The van der Waals surface area contributed by atoms with Crippen molar-refractivity contribution in [3.05, 3.63) is 65.0 Å². The molecule has 24 heavy (non-hydrogen) atoms. The normalized spacial score (nSPS) is 12.1. The molecule has 1 amide bonds. The second kappa shape index (κ2) is 7.41. The number of carbonyl (C=O) groups is 1. The van der Waals surface area contributed by atoms with E-state index in [4.69, 9.17) is 0 Å². The number of aliphatic hydroxyl groups excluding tert-OH is 1. The number of carbonyl (C=O) groups excluding carboxylic acids is 1. The van der Waals surface area contributed by atoms with Crippen molar-refractivity contribution in [2.24, 2.45) is 10.2 Å². The summed E-state index contributed by atoms with van der Waals surface area (Å²) in [6, 6.07) is 12.3. The number of nitrogens with one attached hydrogen (secondary N) is 1. The van der Waals surface area contributed by atoms with E-state index in [1.807, 2.05) is 19.1 Å². The fourth-order valence-electron chi connectivity index (χ4n) is 2.11. The van der Waals surface area contributed by atoms with Crippen LogP contribution in [-0.2, 0) is 4.79 Å². The van der Waals surface area contributed by atoms with Crippen molar-refractivity contribution in [1.29, 1.82) is 0 Å². The molecule has 6 heteroatoms. The molecule has 0 aromatic heterocycles. The van der Waals surface area contributed by atoms with Crippen molar-refractivity contribution in [2.75, 3.05) is 5.32 Å². The van der Waals surface area contributed by atoms with Gasteiger partial charge in [-0.05, 0) is 50.1 Å². The Balaban J connectivity index is 2.27. The number of phenols is 1. The van der Waals surface area contributed by atoms with E-state index < -0.39 is 5.91 Å². The minimum absolute atomic E-state index is 0.0113. The fraction of sp³-hybridized carbons (Fsp3) is 0.167. The van der Waals surface area contributed by atoms with E-state index in [0.717, 1.165) is 5.56 Å². The van der Waals surface area contributed by atoms with E-state index in [0.29, 0.717) is 11.3 Å². The number of phenolic OH excluding ortho intramolecular Hbond substituents is 1. The Morgan fingerprint density at radius 3 is 2.42 bits per heavy atom. The molecule has 0 saturated carbocycles. The smallest absolute Gasteiger partial charge is 0.279 e. The van der Waals surface area contributed by atoms with Gasteiger partial charge in [0.05, 0.1) is 0 Å². The van der Waals surface area contributed by atoms with Crippen LogP contribution in [0.1, 0.15) is 18.1 Å². The molecule has 0 bridgehead atoms. The van der Waals surface area contributed by atoms with Crippen molar-refractivity contribution in [2.45, 2.75) is 20.8 Å². The van der Waals surface area contributed by atoms with E-state index >= 15 is 0 Å². The quantitative estimate of drug-likeness (QED) is 0.438. The molecular weight excluding hydrogens is 306 g/mol. The zero-order valence-corrected chi connectivity index (χ0v) is 13.7. The number of para-hydroxylation sites is 1. The average Bonchev–Trinajstić information content (AvgIpc) is 2.52. The van der Waals surface area contributed by atoms with E-state index in [1.54, 1.807) is 37.3 Å². The predicted molar refractivity (Wildman–Crippen MR) is 92.5 cm³/mol. The molecule has 0 aliphatic heterocycles. The molecule has 6 nitrogen and oxygen atoms in total. The highest BCUT2D eigenvalue weighted by Gasteiger charge is 2.14. The predicted octanol–water partition coefficient (Wildman–Crippen LogP) is 4.52. The molecule has 0 aliphatic carbocycles. The summed E-state index contributed by atoms with van der Waals surface area (Å²) in [6.45, 7) is 4.96. The zero-order valence-electron chi connectivity index (χ0n) is 13.7. The summed E-state index contributed by atoms with van der Waals surface area (Å²) in [6.07, 6.45) is 0. The number of benzene rings is 2. The highest BCUT2D eigenvalue weighted by molar-refractivity contribution is 6.03. The standard InChI is InChI=1S/C18H19N3O3/c1-11-9-12(2)17(23)15(10-11)20-21-16(13(3)22)18(24)19-14-7-5-4-6-8-14/h4-10,22-23H,1-3H3,(H,19,24)/b16-13-,21-20?. The highest BCUT2D eigenvalue weighted by atomic mass is 16.3. The minimum atomic E-state index is -0.589. The Bertz CT molecular complexity index is 808. The molecule has 0 saturated heterocycles. The highest BCUT2D eigenvalue weighted by Crippen LogP contribution is 2.32. The van der Waals surface area contributed by atoms with Crippen molar-refractivity contribution in [3.63, 3.8) is 0 Å². The van der Waals surface area contributed by atoms with Crippen LogP contribution in [0.5, 0.6) is 5.75 Å². The largest absolute Gasteiger partial charge is 0.510 e. The molecule has 2 aromatic rings. The van der Waals surface area contributed by atoms with Gasteiger partial charge in [0.1, 0.15) is 17.2 Å². The number of rotatable bonds is 4. The van der Waals surface area contributed by atoms with Gasteiger partial charge in [-0.15, -0.1) is 10.2 Å². The van der Waals surface area contributed by atoms with E-state index in [2.05, 4.69) is 15.5 Å². The van der Waals surface area contributed by atoms with Crippen molar-refractivity contribution >= 4 is 17.3 Å². The maximum atomic E-state index is 12.2. The monoisotopic (exact) mass is 325 g/mol. The molecule has 0 heterocycles. The fourth-order valence-corrected chi connectivity index (χ4v) is 2.11. The van der Waals surface area contributed by atoms with Crippen LogP contribution in [0.2, 0.25) is 0 Å². The first-order valence-corrected chi connectivity index (χ1v) is 7.36. The molecular formula is C18H19N3O3. The molecule has 124 valence electrons. The summed E-state index contributed by atoms with van der Waals surface area (Å²) in [5, 5.41) is 30.1. The first-order valence-electron chi connectivity index (χ1n) is 7.36. The Morgan fingerprint density at radius 1 is 1.12 bits per heavy atom. The summed E-state index contributed by atoms with van der Waals surface area (Å²) >= 11 is 0. The van der Waals surface area contributed by atoms with Crippen LogP contribution in [0, 0.1) is 13.8 Å². The molecule has 0 atom stereocenters. The lowest BCUT2D eigenvalue weighted by atomic mass is 10.1. The van der Waals surface area contributed by atoms with Gasteiger partial charge in [-0.2, -0.15) is 0 Å². The van der Waals surface area contributed by atoms with Gasteiger partial charge in [0, 0.05) is 5.69 Å². The lowest BCUT2D eigenvalue weighted by molar-refractivity contribution is -0.113. The molecule has 0 spiro atoms. The maximum Gasteiger partial charge on any atom is 0.279 e. The summed E-state index contributed by atoms with van der Waals surface area (Å²) in [5.74, 6) is -0.868. The summed E-state index contributed by atoms with van der Waals surface area (Å²) < 4.78 is 0. The van der Waals surface area contributed by atoms with Crippen LogP contribution in [0.25, 0.3) is 0 Å². The van der Waals surface area contributed by atoms with Gasteiger partial charge in [-0.25, -0.2) is 0 Å². The van der Waals surface area contributed by atoms with E-state index in [-0.39, 0.29) is 22.9 Å². The van der Waals surface area contributed by atoms with E-state index in [1.165, 1.54) is 6.92 Å². The Kier molecular flexibility index (Phi) is 5.31. The second-order valence-electron chi connectivity index (χ2n) is 5.40. The van der Waals surface area contributed by atoms with Crippen LogP contribution in [-0.4, -0.2) is 16.1 Å². The number of anilines is 1. The SMILES string of the molecule is C/C(O)=C(/N=Nc1cc(C)cc(C)c1O)C(=O)Nc1ccccc1. The van der Waals surface area contributed by atoms with Gasteiger partial charge in [0.15, 0.2) is 5.70 Å². The third-order valence-corrected chi connectivity index (χ3v) is 3.27. The zero-order chi connectivity index (χ0) is 17.7. The molecule has 0 radical (unpaired) electrons. The number of aliphatic hydroxyl groups is 1. The summed E-state index contributed by atoms with van der Waals surface area (Å²) in [4.78, 5) is 12.2. The number of aromatic hydroxyl groups is 1. The van der Waals surface area contributed by atoms with Gasteiger partial charge < -0.3 is 15.5 Å². The summed E-state index contributed by atoms with van der Waals surface area (Å²) in [5.41, 5.74) is 2.14. The molecule has 0 aliphatic rings. The molecule has 3 N–H and O–H groups in total. The van der Waals surface area contributed by atoms with Gasteiger partial charge in [0.25, 0.3) is 5.91 Å². The van der Waals surface area contributed by atoms with Gasteiger partial charge in [-0.1, -0.05) is 24.3 Å². The van der Waals surface area contributed by atoms with Gasteiger partial charge in [-0.3, -0.25) is 4.79 Å². The second-order valence-corrected chi connectivity index (χ2v) is 5.40. The first kappa shape index (κ1) is 17.2. The Hall–Kier alpha value is -3.15. The lowest BCUT2D eigenvalue weighted by Gasteiger charge is -2.06. The number of allylic oxidation sites excluding steroid dienone is 1. The molecule has 2 aromatic carbocycles. The number of nitrogens with zero attached hydrogens (tertiary/aromatic N) is 2.